The normalized spacial score (nSPS) is 23.2. The minimum absolute atomic E-state index is 0.102. The van der Waals surface area contributed by atoms with E-state index in [0.29, 0.717) is 11.5 Å². The summed E-state index contributed by atoms with van der Waals surface area (Å²) in [6.07, 6.45) is 4.59. The van der Waals surface area contributed by atoms with Gasteiger partial charge in [-0.3, -0.25) is 4.79 Å². The van der Waals surface area contributed by atoms with E-state index < -0.39 is 0 Å². The molecule has 1 aliphatic carbocycles. The van der Waals surface area contributed by atoms with Gasteiger partial charge in [0.05, 0.1) is 5.56 Å². The van der Waals surface area contributed by atoms with Crippen LogP contribution >= 0.6 is 23.2 Å². The number of carbonyl (C=O) groups is 1. The molecule has 1 amide bonds. The lowest BCUT2D eigenvalue weighted by Crippen LogP contribution is -2.42. The van der Waals surface area contributed by atoms with Gasteiger partial charge in [0.15, 0.2) is 10.3 Å². The molecule has 2 rings (SSSR count). The van der Waals surface area contributed by atoms with Crippen molar-refractivity contribution in [1.82, 2.24) is 15.1 Å². The van der Waals surface area contributed by atoms with Gasteiger partial charge in [-0.2, -0.15) is 0 Å². The molecule has 0 aliphatic heterocycles. The highest BCUT2D eigenvalue weighted by molar-refractivity contribution is 6.34. The summed E-state index contributed by atoms with van der Waals surface area (Å²) in [5, 5.41) is 7.58. The number of rotatable bonds is 2. The third-order valence-electron chi connectivity index (χ3n) is 3.83. The first-order valence-corrected chi connectivity index (χ1v) is 7.22. The molecule has 1 fully saturated rings. The molecule has 0 saturated heterocycles. The van der Waals surface area contributed by atoms with Crippen LogP contribution in [0.4, 0.5) is 0 Å². The van der Waals surface area contributed by atoms with Gasteiger partial charge < -0.3 is 4.90 Å². The number of aromatic nitrogens is 2. The summed E-state index contributed by atoms with van der Waals surface area (Å²) in [6, 6.07) is 1.73. The fraction of sp³-hybridized carbons (Fsp3) is 0.615. The van der Waals surface area contributed by atoms with Crippen LogP contribution in [0.2, 0.25) is 10.3 Å². The molecule has 4 nitrogen and oxygen atoms in total. The predicted molar refractivity (Wildman–Crippen MR) is 75.6 cm³/mol. The molecule has 1 aliphatic rings. The lowest BCUT2D eigenvalue weighted by molar-refractivity contribution is 0.0628. The van der Waals surface area contributed by atoms with Crippen LogP contribution in [0.1, 0.15) is 43.0 Å². The van der Waals surface area contributed by atoms with E-state index in [-0.39, 0.29) is 22.3 Å². The van der Waals surface area contributed by atoms with Crippen molar-refractivity contribution in [2.45, 2.75) is 38.6 Å². The predicted octanol–water partition coefficient (Wildman–Crippen LogP) is 3.43. The first kappa shape index (κ1) is 14.5. The number of carbonyl (C=O) groups excluding carboxylic acids is 1. The van der Waals surface area contributed by atoms with Crippen molar-refractivity contribution >= 4 is 29.1 Å². The van der Waals surface area contributed by atoms with Gasteiger partial charge in [-0.05, 0) is 24.8 Å². The molecule has 2 unspecified atom stereocenters. The maximum Gasteiger partial charge on any atom is 0.257 e. The van der Waals surface area contributed by atoms with Crippen LogP contribution in [0.5, 0.6) is 0 Å². The van der Waals surface area contributed by atoms with Crippen LogP contribution in [0, 0.1) is 5.92 Å². The minimum atomic E-state index is -0.138. The zero-order chi connectivity index (χ0) is 14.0. The summed E-state index contributed by atoms with van der Waals surface area (Å²) in [6.45, 7) is 2.19. The van der Waals surface area contributed by atoms with E-state index in [1.165, 1.54) is 12.5 Å². The zero-order valence-electron chi connectivity index (χ0n) is 11.1. The van der Waals surface area contributed by atoms with E-state index in [1.807, 2.05) is 7.05 Å². The summed E-state index contributed by atoms with van der Waals surface area (Å²) in [5.74, 6) is 0.368. The number of hydrogen-bond donors (Lipinski definition) is 0. The van der Waals surface area contributed by atoms with Gasteiger partial charge in [-0.15, -0.1) is 10.2 Å². The van der Waals surface area contributed by atoms with E-state index in [4.69, 9.17) is 23.2 Å². The lowest BCUT2D eigenvalue weighted by Gasteiger charge is -2.36. The van der Waals surface area contributed by atoms with Gasteiger partial charge in [0.25, 0.3) is 5.91 Å². The Morgan fingerprint density at radius 2 is 2.00 bits per heavy atom. The molecule has 2 atom stereocenters. The van der Waals surface area contributed by atoms with E-state index >= 15 is 0 Å². The van der Waals surface area contributed by atoms with Crippen molar-refractivity contribution in [2.75, 3.05) is 7.05 Å². The van der Waals surface area contributed by atoms with Gasteiger partial charge in [0, 0.05) is 13.1 Å². The Kier molecular flexibility index (Phi) is 4.63. The van der Waals surface area contributed by atoms with Crippen LogP contribution in [-0.2, 0) is 0 Å². The van der Waals surface area contributed by atoms with E-state index in [2.05, 4.69) is 17.1 Å². The average molecular weight is 302 g/mol. The van der Waals surface area contributed by atoms with Gasteiger partial charge in [-0.25, -0.2) is 0 Å². The summed E-state index contributed by atoms with van der Waals surface area (Å²) in [4.78, 5) is 14.2. The summed E-state index contributed by atoms with van der Waals surface area (Å²) < 4.78 is 0. The summed E-state index contributed by atoms with van der Waals surface area (Å²) >= 11 is 11.7. The fourth-order valence-corrected chi connectivity index (χ4v) is 3.04. The second kappa shape index (κ2) is 6.06. The standard InChI is InChI=1S/C13H17Cl2N3O/c1-8-5-3-4-6-10(8)18(2)13(19)9-7-11(14)16-17-12(9)15/h7-8,10H,3-6H2,1-2H3. The highest BCUT2D eigenvalue weighted by Gasteiger charge is 2.29. The number of halogens is 2. The van der Waals surface area contributed by atoms with Gasteiger partial charge in [0.1, 0.15) is 0 Å². The SMILES string of the molecule is CC1CCCCC1N(C)C(=O)c1cc(Cl)nnc1Cl. The van der Waals surface area contributed by atoms with Gasteiger partial charge >= 0.3 is 0 Å². The van der Waals surface area contributed by atoms with Crippen LogP contribution in [0.15, 0.2) is 6.07 Å². The van der Waals surface area contributed by atoms with E-state index in [9.17, 15) is 4.79 Å². The minimum Gasteiger partial charge on any atom is -0.338 e. The van der Waals surface area contributed by atoms with Gasteiger partial charge in [-0.1, -0.05) is 43.0 Å². The van der Waals surface area contributed by atoms with Gasteiger partial charge in [0.2, 0.25) is 0 Å². The summed E-state index contributed by atoms with van der Waals surface area (Å²) in [7, 11) is 1.82. The van der Waals surface area contributed by atoms with Crippen molar-refractivity contribution in [3.63, 3.8) is 0 Å². The molecule has 1 aromatic heterocycles. The highest BCUT2D eigenvalue weighted by Crippen LogP contribution is 2.29. The average Bonchev–Trinajstić information content (AvgIpc) is 2.40. The Morgan fingerprint density at radius 3 is 2.68 bits per heavy atom. The first-order chi connectivity index (χ1) is 9.00. The molecule has 0 spiro atoms. The van der Waals surface area contributed by atoms with Crippen molar-refractivity contribution < 1.29 is 4.79 Å². The molecule has 0 aromatic carbocycles. The fourth-order valence-electron chi connectivity index (χ4n) is 2.72. The smallest absolute Gasteiger partial charge is 0.257 e. The van der Waals surface area contributed by atoms with Crippen LogP contribution in [-0.4, -0.2) is 34.1 Å². The molecule has 1 saturated carbocycles. The highest BCUT2D eigenvalue weighted by atomic mass is 35.5. The Bertz CT molecular complexity index is 481. The van der Waals surface area contributed by atoms with Crippen LogP contribution in [0.3, 0.4) is 0 Å². The second-order valence-electron chi connectivity index (χ2n) is 5.12. The van der Waals surface area contributed by atoms with Crippen LogP contribution in [0.25, 0.3) is 0 Å². The Morgan fingerprint density at radius 1 is 1.32 bits per heavy atom. The molecule has 0 N–H and O–H groups in total. The molecular weight excluding hydrogens is 285 g/mol. The number of hydrogen-bond acceptors (Lipinski definition) is 3. The summed E-state index contributed by atoms with van der Waals surface area (Å²) in [5.41, 5.74) is 0.321. The lowest BCUT2D eigenvalue weighted by atomic mass is 9.85. The van der Waals surface area contributed by atoms with E-state index in [1.54, 1.807) is 4.90 Å². The van der Waals surface area contributed by atoms with Crippen molar-refractivity contribution in [3.05, 3.63) is 21.9 Å². The molecule has 6 heteroatoms. The maximum atomic E-state index is 12.5. The monoisotopic (exact) mass is 301 g/mol. The molecule has 0 radical (unpaired) electrons. The maximum absolute atomic E-state index is 12.5. The van der Waals surface area contributed by atoms with Crippen molar-refractivity contribution in [3.8, 4) is 0 Å². The topological polar surface area (TPSA) is 46.1 Å². The largest absolute Gasteiger partial charge is 0.338 e. The van der Waals surface area contributed by atoms with Crippen molar-refractivity contribution in [1.29, 1.82) is 0 Å². The molecule has 19 heavy (non-hydrogen) atoms. The first-order valence-electron chi connectivity index (χ1n) is 6.46. The Balaban J connectivity index is 2.20. The van der Waals surface area contributed by atoms with E-state index in [0.717, 1.165) is 19.3 Å². The Hall–Kier alpha value is -0.870. The number of amides is 1. The third-order valence-corrected chi connectivity index (χ3v) is 4.30. The molecular formula is C13H17Cl2N3O. The molecule has 1 aromatic rings. The third kappa shape index (κ3) is 3.18. The molecule has 104 valence electrons. The Labute approximate surface area is 123 Å². The molecule has 1 heterocycles. The van der Waals surface area contributed by atoms with Crippen molar-refractivity contribution in [2.24, 2.45) is 5.92 Å². The second-order valence-corrected chi connectivity index (χ2v) is 5.86. The zero-order valence-corrected chi connectivity index (χ0v) is 12.6. The quantitative estimate of drug-likeness (QED) is 0.840. The molecule has 0 bridgehead atoms. The number of nitrogens with zero attached hydrogens (tertiary/aromatic N) is 3. The van der Waals surface area contributed by atoms with Crippen LogP contribution < -0.4 is 0 Å².